The van der Waals surface area contributed by atoms with Crippen molar-refractivity contribution >= 4 is 23.2 Å². The van der Waals surface area contributed by atoms with E-state index in [2.05, 4.69) is 5.32 Å². The molecule has 0 bridgehead atoms. The fraction of sp³-hybridized carbons (Fsp3) is 0.259. The molecule has 0 saturated heterocycles. The maximum Gasteiger partial charge on any atom is 0.267 e. The van der Waals surface area contributed by atoms with Crippen LogP contribution < -0.4 is 29.2 Å². The minimum Gasteiger partial charge on any atom is -0.494 e. The SMILES string of the molecule is CCOc1ccc(OCC(=O)Nc2ccc3c(c2)OC(C)C(=O)N3CCOc2ccccc2)cc1. The molecule has 2 amide bonds. The molecule has 0 aliphatic carbocycles. The predicted octanol–water partition coefficient (Wildman–Crippen LogP) is 4.30. The Morgan fingerprint density at radius 3 is 2.34 bits per heavy atom. The molecule has 3 aromatic carbocycles. The van der Waals surface area contributed by atoms with Crippen LogP contribution in [0.3, 0.4) is 0 Å². The quantitative estimate of drug-likeness (QED) is 0.470. The predicted molar refractivity (Wildman–Crippen MR) is 133 cm³/mol. The van der Waals surface area contributed by atoms with Crippen LogP contribution in [0.25, 0.3) is 0 Å². The smallest absolute Gasteiger partial charge is 0.267 e. The van der Waals surface area contributed by atoms with Crippen molar-refractivity contribution < 1.29 is 28.5 Å². The normalized spacial score (nSPS) is 14.5. The maximum atomic E-state index is 12.7. The van der Waals surface area contributed by atoms with Crippen molar-refractivity contribution in [1.82, 2.24) is 0 Å². The summed E-state index contributed by atoms with van der Waals surface area (Å²) in [6.07, 6.45) is -0.645. The number of para-hydroxylation sites is 1. The van der Waals surface area contributed by atoms with Crippen LogP contribution in [0, 0.1) is 0 Å². The van der Waals surface area contributed by atoms with E-state index in [0.717, 1.165) is 11.5 Å². The lowest BCUT2D eigenvalue weighted by molar-refractivity contribution is -0.125. The van der Waals surface area contributed by atoms with E-state index >= 15 is 0 Å². The van der Waals surface area contributed by atoms with Crippen LogP contribution in [-0.2, 0) is 9.59 Å². The Labute approximate surface area is 204 Å². The Hall–Kier alpha value is -4.20. The molecule has 0 aromatic heterocycles. The summed E-state index contributed by atoms with van der Waals surface area (Å²) in [5.74, 6) is 2.11. The number of rotatable bonds is 10. The first kappa shape index (κ1) is 23.9. The van der Waals surface area contributed by atoms with Gasteiger partial charge in [-0.1, -0.05) is 18.2 Å². The molecule has 182 valence electrons. The minimum absolute atomic E-state index is 0.144. The van der Waals surface area contributed by atoms with Crippen molar-refractivity contribution in [3.63, 3.8) is 0 Å². The number of benzene rings is 3. The molecule has 4 rings (SSSR count). The summed E-state index contributed by atoms with van der Waals surface area (Å²) in [6, 6.07) is 21.7. The summed E-state index contributed by atoms with van der Waals surface area (Å²) in [5, 5.41) is 2.80. The molecule has 1 unspecified atom stereocenters. The molecule has 0 radical (unpaired) electrons. The maximum absolute atomic E-state index is 12.7. The lowest BCUT2D eigenvalue weighted by Crippen LogP contribution is -2.46. The molecule has 1 aliphatic heterocycles. The van der Waals surface area contributed by atoms with Gasteiger partial charge in [-0.05, 0) is 62.4 Å². The number of hydrogen-bond donors (Lipinski definition) is 1. The highest BCUT2D eigenvalue weighted by Gasteiger charge is 2.31. The second kappa shape index (κ2) is 11.3. The largest absolute Gasteiger partial charge is 0.494 e. The van der Waals surface area contributed by atoms with Crippen LogP contribution in [-0.4, -0.2) is 44.3 Å². The van der Waals surface area contributed by atoms with Crippen molar-refractivity contribution in [3.8, 4) is 23.0 Å². The summed E-state index contributed by atoms with van der Waals surface area (Å²) < 4.78 is 22.5. The van der Waals surface area contributed by atoms with E-state index in [9.17, 15) is 9.59 Å². The monoisotopic (exact) mass is 476 g/mol. The molecule has 0 fully saturated rings. The highest BCUT2D eigenvalue weighted by atomic mass is 16.5. The Bertz CT molecular complexity index is 1150. The minimum atomic E-state index is -0.645. The zero-order chi connectivity index (χ0) is 24.6. The van der Waals surface area contributed by atoms with Crippen LogP contribution in [0.2, 0.25) is 0 Å². The number of hydrogen-bond acceptors (Lipinski definition) is 6. The van der Waals surface area contributed by atoms with E-state index in [-0.39, 0.29) is 18.4 Å². The molecule has 1 N–H and O–H groups in total. The molecule has 3 aromatic rings. The van der Waals surface area contributed by atoms with Crippen molar-refractivity contribution in [2.45, 2.75) is 20.0 Å². The first-order chi connectivity index (χ1) is 17.0. The number of anilines is 2. The number of amides is 2. The molecule has 8 nitrogen and oxygen atoms in total. The van der Waals surface area contributed by atoms with Gasteiger partial charge >= 0.3 is 0 Å². The molecule has 1 atom stereocenters. The topological polar surface area (TPSA) is 86.3 Å². The molecule has 1 aliphatic rings. The third-order valence-corrected chi connectivity index (χ3v) is 5.28. The van der Waals surface area contributed by atoms with Gasteiger partial charge < -0.3 is 29.2 Å². The second-order valence-electron chi connectivity index (χ2n) is 7.84. The highest BCUT2D eigenvalue weighted by molar-refractivity contribution is 6.00. The van der Waals surface area contributed by atoms with E-state index in [4.69, 9.17) is 18.9 Å². The number of nitrogens with one attached hydrogen (secondary N) is 1. The zero-order valence-corrected chi connectivity index (χ0v) is 19.7. The van der Waals surface area contributed by atoms with Crippen molar-refractivity contribution in [3.05, 3.63) is 72.8 Å². The fourth-order valence-corrected chi connectivity index (χ4v) is 3.64. The van der Waals surface area contributed by atoms with Gasteiger partial charge in [-0.2, -0.15) is 0 Å². The van der Waals surface area contributed by atoms with Crippen LogP contribution in [0.15, 0.2) is 72.8 Å². The lowest BCUT2D eigenvalue weighted by atomic mass is 10.1. The Morgan fingerprint density at radius 2 is 1.63 bits per heavy atom. The number of carbonyl (C=O) groups excluding carboxylic acids is 2. The average Bonchev–Trinajstić information content (AvgIpc) is 2.87. The van der Waals surface area contributed by atoms with Gasteiger partial charge in [-0.25, -0.2) is 0 Å². The van der Waals surface area contributed by atoms with E-state index in [1.807, 2.05) is 37.3 Å². The highest BCUT2D eigenvalue weighted by Crippen LogP contribution is 2.36. The molecule has 8 heteroatoms. The van der Waals surface area contributed by atoms with Crippen molar-refractivity contribution in [1.29, 1.82) is 0 Å². The number of carbonyl (C=O) groups is 2. The van der Waals surface area contributed by atoms with Crippen LogP contribution in [0.1, 0.15) is 13.8 Å². The van der Waals surface area contributed by atoms with Gasteiger partial charge in [-0.15, -0.1) is 0 Å². The second-order valence-corrected chi connectivity index (χ2v) is 7.84. The Balaban J connectivity index is 1.35. The number of ether oxygens (including phenoxy) is 4. The van der Waals surface area contributed by atoms with Gasteiger partial charge in [0, 0.05) is 11.8 Å². The van der Waals surface area contributed by atoms with Crippen molar-refractivity contribution in [2.75, 3.05) is 36.6 Å². The first-order valence-corrected chi connectivity index (χ1v) is 11.5. The third kappa shape index (κ3) is 6.23. The third-order valence-electron chi connectivity index (χ3n) is 5.28. The van der Waals surface area contributed by atoms with E-state index in [0.29, 0.717) is 42.6 Å². The van der Waals surface area contributed by atoms with Crippen molar-refractivity contribution in [2.24, 2.45) is 0 Å². The van der Waals surface area contributed by atoms with Gasteiger partial charge in [0.05, 0.1) is 18.8 Å². The van der Waals surface area contributed by atoms with Gasteiger partial charge in [0.15, 0.2) is 12.7 Å². The van der Waals surface area contributed by atoms with Gasteiger partial charge in [0.25, 0.3) is 11.8 Å². The first-order valence-electron chi connectivity index (χ1n) is 11.5. The fourth-order valence-electron chi connectivity index (χ4n) is 3.64. The van der Waals surface area contributed by atoms with E-state index in [1.165, 1.54) is 0 Å². The number of nitrogens with zero attached hydrogens (tertiary/aromatic N) is 1. The van der Waals surface area contributed by atoms with Gasteiger partial charge in [0.1, 0.15) is 29.6 Å². The Kier molecular flexibility index (Phi) is 7.72. The van der Waals surface area contributed by atoms with Crippen LogP contribution >= 0.6 is 0 Å². The van der Waals surface area contributed by atoms with Crippen LogP contribution in [0.5, 0.6) is 23.0 Å². The number of fused-ring (bicyclic) bond motifs is 1. The molecule has 0 saturated carbocycles. The van der Waals surface area contributed by atoms with E-state index < -0.39 is 6.10 Å². The average molecular weight is 477 g/mol. The zero-order valence-electron chi connectivity index (χ0n) is 19.7. The Morgan fingerprint density at radius 1 is 0.943 bits per heavy atom. The van der Waals surface area contributed by atoms with Crippen LogP contribution in [0.4, 0.5) is 11.4 Å². The summed E-state index contributed by atoms with van der Waals surface area (Å²) in [7, 11) is 0. The standard InChI is InChI=1S/C27H28N2O6/c1-3-32-22-10-12-23(13-11-22)34-18-26(30)28-20-9-14-24-25(17-20)35-19(2)27(31)29(24)15-16-33-21-7-5-4-6-8-21/h4-14,17,19H,3,15-16,18H2,1-2H3,(H,28,30). The molecule has 35 heavy (non-hydrogen) atoms. The summed E-state index contributed by atoms with van der Waals surface area (Å²) >= 11 is 0. The van der Waals surface area contributed by atoms with E-state index in [1.54, 1.807) is 54.3 Å². The molecule has 1 heterocycles. The van der Waals surface area contributed by atoms with Gasteiger partial charge in [-0.3, -0.25) is 9.59 Å². The molecular weight excluding hydrogens is 448 g/mol. The summed E-state index contributed by atoms with van der Waals surface area (Å²) in [5.41, 5.74) is 1.18. The molecule has 0 spiro atoms. The lowest BCUT2D eigenvalue weighted by Gasteiger charge is -2.33. The summed E-state index contributed by atoms with van der Waals surface area (Å²) in [6.45, 7) is 4.76. The molecular formula is C27H28N2O6. The van der Waals surface area contributed by atoms with Gasteiger partial charge in [0.2, 0.25) is 0 Å². The summed E-state index contributed by atoms with van der Waals surface area (Å²) in [4.78, 5) is 26.8.